The van der Waals surface area contributed by atoms with Crippen molar-refractivity contribution < 1.29 is 9.25 Å². The second kappa shape index (κ2) is 6.43. The third-order valence-electron chi connectivity index (χ3n) is 3.47. The van der Waals surface area contributed by atoms with Crippen molar-refractivity contribution in [3.8, 4) is 0 Å². The van der Waals surface area contributed by atoms with E-state index in [0.29, 0.717) is 16.9 Å². The average Bonchev–Trinajstić information content (AvgIpc) is 2.48. The normalized spacial score (nSPS) is 11.7. The molecular formula is C16H20N2O3. The molecule has 0 amide bonds. The lowest BCUT2D eigenvalue weighted by molar-refractivity contribution is 0.213. The fourth-order valence-corrected chi connectivity index (χ4v) is 2.32. The van der Waals surface area contributed by atoms with E-state index in [4.69, 9.17) is 9.25 Å². The summed E-state index contributed by atoms with van der Waals surface area (Å²) < 4.78 is 5.42. The predicted octanol–water partition coefficient (Wildman–Crippen LogP) is 3.01. The smallest absolute Gasteiger partial charge is 0.345 e. The number of benzene rings is 1. The molecule has 112 valence electrons. The van der Waals surface area contributed by atoms with Gasteiger partial charge in [-0.05, 0) is 39.0 Å². The zero-order valence-corrected chi connectivity index (χ0v) is 12.8. The van der Waals surface area contributed by atoms with Crippen molar-refractivity contribution in [2.24, 2.45) is 5.16 Å². The monoisotopic (exact) mass is 288 g/mol. The summed E-state index contributed by atoms with van der Waals surface area (Å²) in [4.78, 5) is 19.0. The Morgan fingerprint density at radius 1 is 1.29 bits per heavy atom. The van der Waals surface area contributed by atoms with Crippen LogP contribution in [0.5, 0.6) is 0 Å². The minimum atomic E-state index is -0.405. The molecule has 0 unspecified atom stereocenters. The molecule has 0 aliphatic carbocycles. The molecule has 21 heavy (non-hydrogen) atoms. The fourth-order valence-electron chi connectivity index (χ4n) is 2.32. The van der Waals surface area contributed by atoms with Crippen LogP contribution in [0, 0.1) is 0 Å². The van der Waals surface area contributed by atoms with E-state index in [1.165, 1.54) is 7.11 Å². The summed E-state index contributed by atoms with van der Waals surface area (Å²) in [5.41, 5.74) is 2.14. The van der Waals surface area contributed by atoms with Gasteiger partial charge >= 0.3 is 5.63 Å². The van der Waals surface area contributed by atoms with Crippen molar-refractivity contribution >= 4 is 22.4 Å². The minimum absolute atomic E-state index is 0.405. The van der Waals surface area contributed by atoms with Gasteiger partial charge in [0.05, 0.1) is 11.3 Å². The fraction of sp³-hybridized carbons (Fsp3) is 0.375. The maximum atomic E-state index is 12.1. The Hall–Kier alpha value is -2.30. The molecule has 1 aromatic heterocycles. The number of nitrogens with zero attached hydrogens (tertiary/aromatic N) is 2. The van der Waals surface area contributed by atoms with E-state index in [9.17, 15) is 4.79 Å². The van der Waals surface area contributed by atoms with E-state index in [0.717, 1.165) is 24.2 Å². The van der Waals surface area contributed by atoms with E-state index in [-0.39, 0.29) is 0 Å². The predicted molar refractivity (Wildman–Crippen MR) is 85.3 cm³/mol. The van der Waals surface area contributed by atoms with Crippen molar-refractivity contribution in [1.29, 1.82) is 0 Å². The Morgan fingerprint density at radius 2 is 2.00 bits per heavy atom. The number of hydrogen-bond donors (Lipinski definition) is 0. The summed E-state index contributed by atoms with van der Waals surface area (Å²) in [7, 11) is 1.45. The standard InChI is InChI=1S/C16H20N2O3/c1-5-18(6-2)13-8-7-12-9-14(11(3)17-20-4)16(19)21-15(12)10-13/h7-10H,5-6H2,1-4H3/b17-11+. The molecule has 0 atom stereocenters. The highest BCUT2D eigenvalue weighted by atomic mass is 16.6. The maximum Gasteiger partial charge on any atom is 0.345 e. The summed E-state index contributed by atoms with van der Waals surface area (Å²) in [6.45, 7) is 7.72. The molecular weight excluding hydrogens is 268 g/mol. The summed E-state index contributed by atoms with van der Waals surface area (Å²) in [6.07, 6.45) is 0. The van der Waals surface area contributed by atoms with Crippen LogP contribution in [0.4, 0.5) is 5.69 Å². The molecule has 5 nitrogen and oxygen atoms in total. The molecule has 2 rings (SSSR count). The second-order valence-electron chi connectivity index (χ2n) is 4.70. The SMILES string of the molecule is CCN(CC)c1ccc2cc(/C(C)=N/OC)c(=O)oc2c1. The highest BCUT2D eigenvalue weighted by Crippen LogP contribution is 2.22. The summed E-state index contributed by atoms with van der Waals surface area (Å²) in [5, 5.41) is 4.65. The Morgan fingerprint density at radius 3 is 2.62 bits per heavy atom. The van der Waals surface area contributed by atoms with Crippen molar-refractivity contribution in [2.45, 2.75) is 20.8 Å². The largest absolute Gasteiger partial charge is 0.422 e. The van der Waals surface area contributed by atoms with Crippen molar-refractivity contribution in [2.75, 3.05) is 25.1 Å². The van der Waals surface area contributed by atoms with Gasteiger partial charge in [-0.3, -0.25) is 0 Å². The first kappa shape index (κ1) is 15.1. The van der Waals surface area contributed by atoms with Gasteiger partial charge in [-0.2, -0.15) is 0 Å². The molecule has 0 aliphatic rings. The van der Waals surface area contributed by atoms with Gasteiger partial charge in [0.2, 0.25) is 0 Å². The molecule has 5 heteroatoms. The van der Waals surface area contributed by atoms with Crippen LogP contribution >= 0.6 is 0 Å². The average molecular weight is 288 g/mol. The van der Waals surface area contributed by atoms with Crippen molar-refractivity contribution in [3.05, 3.63) is 40.2 Å². The van der Waals surface area contributed by atoms with Gasteiger partial charge in [-0.25, -0.2) is 4.79 Å². The topological polar surface area (TPSA) is 55.0 Å². The molecule has 1 aromatic carbocycles. The molecule has 0 saturated heterocycles. The van der Waals surface area contributed by atoms with Crippen LogP contribution in [0.15, 0.2) is 38.6 Å². The lowest BCUT2D eigenvalue weighted by Gasteiger charge is -2.21. The van der Waals surface area contributed by atoms with E-state index in [2.05, 4.69) is 23.9 Å². The zero-order valence-electron chi connectivity index (χ0n) is 12.8. The highest BCUT2D eigenvalue weighted by molar-refractivity contribution is 6.00. The quantitative estimate of drug-likeness (QED) is 0.482. The molecule has 0 saturated carbocycles. The van der Waals surface area contributed by atoms with Gasteiger partial charge < -0.3 is 14.2 Å². The first-order valence-electron chi connectivity index (χ1n) is 7.01. The van der Waals surface area contributed by atoms with Crippen LogP contribution in [-0.2, 0) is 4.84 Å². The Labute approximate surface area is 123 Å². The molecule has 2 aromatic rings. The number of anilines is 1. The number of fused-ring (bicyclic) bond motifs is 1. The lowest BCUT2D eigenvalue weighted by Crippen LogP contribution is -2.21. The van der Waals surface area contributed by atoms with Crippen LogP contribution in [0.25, 0.3) is 11.0 Å². The van der Waals surface area contributed by atoms with Crippen LogP contribution in [0.1, 0.15) is 26.3 Å². The van der Waals surface area contributed by atoms with Gasteiger partial charge in [0.15, 0.2) is 0 Å². The summed E-state index contributed by atoms with van der Waals surface area (Å²) >= 11 is 0. The lowest BCUT2D eigenvalue weighted by atomic mass is 10.1. The first-order chi connectivity index (χ1) is 10.1. The minimum Gasteiger partial charge on any atom is -0.422 e. The van der Waals surface area contributed by atoms with Crippen LogP contribution in [0.2, 0.25) is 0 Å². The molecule has 0 bridgehead atoms. The zero-order chi connectivity index (χ0) is 15.4. The summed E-state index contributed by atoms with van der Waals surface area (Å²) in [5.74, 6) is 0. The van der Waals surface area contributed by atoms with Gasteiger partial charge in [0, 0.05) is 30.2 Å². The molecule has 1 heterocycles. The van der Waals surface area contributed by atoms with Crippen molar-refractivity contribution in [1.82, 2.24) is 0 Å². The van der Waals surface area contributed by atoms with Crippen LogP contribution in [0.3, 0.4) is 0 Å². The first-order valence-corrected chi connectivity index (χ1v) is 7.01. The van der Waals surface area contributed by atoms with E-state index < -0.39 is 5.63 Å². The van der Waals surface area contributed by atoms with Crippen molar-refractivity contribution in [3.63, 3.8) is 0 Å². The number of rotatable bonds is 5. The Kier molecular flexibility index (Phi) is 4.62. The molecule has 0 fully saturated rings. The molecule has 0 aliphatic heterocycles. The van der Waals surface area contributed by atoms with Crippen LogP contribution in [-0.4, -0.2) is 25.9 Å². The maximum absolute atomic E-state index is 12.1. The molecule has 0 N–H and O–H groups in total. The van der Waals surface area contributed by atoms with E-state index in [1.807, 2.05) is 18.2 Å². The third-order valence-corrected chi connectivity index (χ3v) is 3.47. The Bertz CT molecular complexity index is 715. The van der Waals surface area contributed by atoms with Gasteiger partial charge in [0.25, 0.3) is 0 Å². The van der Waals surface area contributed by atoms with Crippen LogP contribution < -0.4 is 10.5 Å². The Balaban J connectivity index is 2.55. The van der Waals surface area contributed by atoms with Gasteiger partial charge in [0.1, 0.15) is 12.7 Å². The second-order valence-corrected chi connectivity index (χ2v) is 4.70. The van der Waals surface area contributed by atoms with E-state index in [1.54, 1.807) is 13.0 Å². The number of hydrogen-bond acceptors (Lipinski definition) is 5. The molecule has 0 radical (unpaired) electrons. The van der Waals surface area contributed by atoms with E-state index >= 15 is 0 Å². The highest BCUT2D eigenvalue weighted by Gasteiger charge is 2.10. The molecule has 0 spiro atoms. The summed E-state index contributed by atoms with van der Waals surface area (Å²) in [6, 6.07) is 7.67. The third kappa shape index (κ3) is 3.07. The van der Waals surface area contributed by atoms with Gasteiger partial charge in [-0.15, -0.1) is 0 Å². The van der Waals surface area contributed by atoms with Gasteiger partial charge in [-0.1, -0.05) is 5.16 Å². The number of oxime groups is 1.